The number of amides is 1. The van der Waals surface area contributed by atoms with Crippen molar-refractivity contribution >= 4 is 39.1 Å². The van der Waals surface area contributed by atoms with E-state index in [2.05, 4.69) is 24.4 Å². The van der Waals surface area contributed by atoms with Crippen LogP contribution in [0, 0.1) is 0 Å². The zero-order valence-corrected chi connectivity index (χ0v) is 15.5. The second kappa shape index (κ2) is 7.41. The summed E-state index contributed by atoms with van der Waals surface area (Å²) in [6.45, 7) is 4.89. The summed E-state index contributed by atoms with van der Waals surface area (Å²) in [7, 11) is 0. The number of fused-ring (bicyclic) bond motifs is 1. The molecule has 0 saturated heterocycles. The van der Waals surface area contributed by atoms with Crippen LogP contribution in [0.2, 0.25) is 4.34 Å². The smallest absolute Gasteiger partial charge is 0.268 e. The minimum Gasteiger partial charge on any atom is -0.348 e. The molecule has 1 N–H and O–H groups in total. The third kappa shape index (κ3) is 3.50. The van der Waals surface area contributed by atoms with E-state index >= 15 is 0 Å². The molecule has 2 heterocycles. The molecular formula is C19H21ClN2OS. The number of aryl methyl sites for hydroxylation is 1. The number of rotatable bonds is 6. The molecule has 0 aliphatic heterocycles. The van der Waals surface area contributed by atoms with Crippen LogP contribution in [-0.4, -0.2) is 16.5 Å². The van der Waals surface area contributed by atoms with Crippen LogP contribution in [0.5, 0.6) is 0 Å². The second-order valence-electron chi connectivity index (χ2n) is 5.84. The van der Waals surface area contributed by atoms with Gasteiger partial charge in [0.25, 0.3) is 5.91 Å². The van der Waals surface area contributed by atoms with E-state index in [1.807, 2.05) is 41.8 Å². The highest BCUT2D eigenvalue weighted by Gasteiger charge is 2.19. The average molecular weight is 361 g/mol. The summed E-state index contributed by atoms with van der Waals surface area (Å²) in [4.78, 5) is 12.8. The number of hydrogen-bond donors (Lipinski definition) is 1. The van der Waals surface area contributed by atoms with E-state index in [0.29, 0.717) is 5.69 Å². The number of hydrogen-bond acceptors (Lipinski definition) is 2. The molecule has 2 aromatic heterocycles. The SMILES string of the molecule is CCC(Cc1ccccc1)NC(=O)c1cc2sc(Cl)cc2n1CC. The van der Waals surface area contributed by atoms with Crippen molar-refractivity contribution in [3.8, 4) is 0 Å². The molecule has 0 saturated carbocycles. The number of nitrogens with zero attached hydrogens (tertiary/aromatic N) is 1. The highest BCUT2D eigenvalue weighted by molar-refractivity contribution is 7.22. The van der Waals surface area contributed by atoms with Gasteiger partial charge in [0, 0.05) is 12.6 Å². The van der Waals surface area contributed by atoms with Gasteiger partial charge in [-0.25, -0.2) is 0 Å². The van der Waals surface area contributed by atoms with Gasteiger partial charge in [-0.05, 0) is 37.5 Å². The number of aromatic nitrogens is 1. The van der Waals surface area contributed by atoms with E-state index in [9.17, 15) is 4.79 Å². The Morgan fingerprint density at radius 2 is 2.00 bits per heavy atom. The Bertz CT molecular complexity index is 838. The predicted molar refractivity (Wildman–Crippen MR) is 102 cm³/mol. The average Bonchev–Trinajstić information content (AvgIpc) is 3.10. The molecule has 0 spiro atoms. The summed E-state index contributed by atoms with van der Waals surface area (Å²) in [5.74, 6) is -0.0147. The van der Waals surface area contributed by atoms with Crippen molar-refractivity contribution in [2.45, 2.75) is 39.3 Å². The number of thiophene rings is 1. The fourth-order valence-corrected chi connectivity index (χ4v) is 4.17. The standard InChI is InChI=1S/C19H21ClN2OS/c1-3-14(10-13-8-6-5-7-9-13)21-19(23)16-11-17-15(22(16)4-2)12-18(20)24-17/h5-9,11-12,14H,3-4,10H2,1-2H3,(H,21,23). The van der Waals surface area contributed by atoms with Gasteiger partial charge in [0.1, 0.15) is 5.69 Å². The Morgan fingerprint density at radius 1 is 1.25 bits per heavy atom. The van der Waals surface area contributed by atoms with Crippen LogP contribution in [0.3, 0.4) is 0 Å². The molecule has 0 aliphatic carbocycles. The Balaban J connectivity index is 1.79. The molecule has 0 aliphatic rings. The van der Waals surface area contributed by atoms with Gasteiger partial charge < -0.3 is 9.88 Å². The Kier molecular flexibility index (Phi) is 5.27. The quantitative estimate of drug-likeness (QED) is 0.649. The third-order valence-electron chi connectivity index (χ3n) is 4.26. The molecule has 24 heavy (non-hydrogen) atoms. The first-order valence-corrected chi connectivity index (χ1v) is 9.45. The van der Waals surface area contributed by atoms with Crippen LogP contribution in [0.25, 0.3) is 10.2 Å². The molecule has 0 bridgehead atoms. The topological polar surface area (TPSA) is 34.0 Å². The summed E-state index contributed by atoms with van der Waals surface area (Å²) >= 11 is 7.60. The van der Waals surface area contributed by atoms with Crippen molar-refractivity contribution < 1.29 is 4.79 Å². The summed E-state index contributed by atoms with van der Waals surface area (Å²) in [6.07, 6.45) is 1.74. The van der Waals surface area contributed by atoms with Crippen molar-refractivity contribution in [1.29, 1.82) is 0 Å². The van der Waals surface area contributed by atoms with Crippen LogP contribution in [-0.2, 0) is 13.0 Å². The summed E-state index contributed by atoms with van der Waals surface area (Å²) in [5.41, 5.74) is 2.99. The molecule has 3 rings (SSSR count). The number of carbonyl (C=O) groups excluding carboxylic acids is 1. The Hall–Kier alpha value is -1.78. The molecule has 0 radical (unpaired) electrons. The number of nitrogens with one attached hydrogen (secondary N) is 1. The first-order chi connectivity index (χ1) is 11.6. The molecule has 3 nitrogen and oxygen atoms in total. The Labute approximate surface area is 151 Å². The lowest BCUT2D eigenvalue weighted by Gasteiger charge is -2.18. The normalized spacial score (nSPS) is 12.5. The van der Waals surface area contributed by atoms with Gasteiger partial charge in [-0.2, -0.15) is 0 Å². The summed E-state index contributed by atoms with van der Waals surface area (Å²) in [5, 5.41) is 3.18. The first-order valence-electron chi connectivity index (χ1n) is 8.25. The van der Waals surface area contributed by atoms with Gasteiger partial charge >= 0.3 is 0 Å². The van der Waals surface area contributed by atoms with Crippen molar-refractivity contribution in [3.63, 3.8) is 0 Å². The maximum Gasteiger partial charge on any atom is 0.268 e. The van der Waals surface area contributed by atoms with Gasteiger partial charge in [0.2, 0.25) is 0 Å². The van der Waals surface area contributed by atoms with Crippen LogP contribution in [0.15, 0.2) is 42.5 Å². The minimum absolute atomic E-state index is 0.0147. The van der Waals surface area contributed by atoms with Crippen LogP contribution < -0.4 is 5.32 Å². The van der Waals surface area contributed by atoms with E-state index in [-0.39, 0.29) is 11.9 Å². The number of benzene rings is 1. The van der Waals surface area contributed by atoms with E-state index in [0.717, 1.165) is 33.9 Å². The fraction of sp³-hybridized carbons (Fsp3) is 0.316. The first kappa shape index (κ1) is 17.1. The van der Waals surface area contributed by atoms with Crippen molar-refractivity contribution in [2.75, 3.05) is 0 Å². The highest BCUT2D eigenvalue weighted by Crippen LogP contribution is 2.32. The molecule has 3 aromatic rings. The molecule has 126 valence electrons. The van der Waals surface area contributed by atoms with E-state index < -0.39 is 0 Å². The summed E-state index contributed by atoms with van der Waals surface area (Å²) < 4.78 is 3.84. The molecule has 1 amide bonds. The summed E-state index contributed by atoms with van der Waals surface area (Å²) in [6, 6.07) is 14.3. The molecule has 0 fully saturated rings. The van der Waals surface area contributed by atoms with Gasteiger partial charge in [-0.1, -0.05) is 48.9 Å². The molecule has 1 aromatic carbocycles. The zero-order valence-electron chi connectivity index (χ0n) is 13.9. The van der Waals surface area contributed by atoms with Gasteiger partial charge in [-0.3, -0.25) is 4.79 Å². The Morgan fingerprint density at radius 3 is 2.67 bits per heavy atom. The van der Waals surface area contributed by atoms with E-state index in [1.165, 1.54) is 16.9 Å². The lowest BCUT2D eigenvalue weighted by atomic mass is 10.0. The maximum atomic E-state index is 12.8. The van der Waals surface area contributed by atoms with Gasteiger partial charge in [0.15, 0.2) is 0 Å². The van der Waals surface area contributed by atoms with Crippen LogP contribution in [0.4, 0.5) is 0 Å². The van der Waals surface area contributed by atoms with Gasteiger partial charge in [0.05, 0.1) is 14.6 Å². The third-order valence-corrected chi connectivity index (χ3v) is 5.46. The van der Waals surface area contributed by atoms with Gasteiger partial charge in [-0.15, -0.1) is 11.3 Å². The maximum absolute atomic E-state index is 12.8. The minimum atomic E-state index is -0.0147. The van der Waals surface area contributed by atoms with E-state index in [4.69, 9.17) is 11.6 Å². The van der Waals surface area contributed by atoms with Crippen LogP contribution >= 0.6 is 22.9 Å². The van der Waals surface area contributed by atoms with E-state index in [1.54, 1.807) is 0 Å². The number of halogens is 1. The monoisotopic (exact) mass is 360 g/mol. The lowest BCUT2D eigenvalue weighted by molar-refractivity contribution is 0.0927. The molecular weight excluding hydrogens is 340 g/mol. The second-order valence-corrected chi connectivity index (χ2v) is 7.56. The number of carbonyl (C=O) groups is 1. The lowest BCUT2D eigenvalue weighted by Crippen LogP contribution is -2.37. The highest BCUT2D eigenvalue weighted by atomic mass is 35.5. The molecule has 1 unspecified atom stereocenters. The van der Waals surface area contributed by atoms with Crippen LogP contribution in [0.1, 0.15) is 36.3 Å². The molecule has 1 atom stereocenters. The molecule has 5 heteroatoms. The largest absolute Gasteiger partial charge is 0.348 e. The fourth-order valence-electron chi connectivity index (χ4n) is 3.00. The zero-order chi connectivity index (χ0) is 17.1. The predicted octanol–water partition coefficient (Wildman–Crippen LogP) is 5.13. The van der Waals surface area contributed by atoms with Crippen molar-refractivity contribution in [2.24, 2.45) is 0 Å². The van der Waals surface area contributed by atoms with Crippen molar-refractivity contribution in [1.82, 2.24) is 9.88 Å². The van der Waals surface area contributed by atoms with Crippen molar-refractivity contribution in [3.05, 3.63) is 58.1 Å².